The molecular formula is C13H12OS. The zero-order valence-electron chi connectivity index (χ0n) is 8.57. The first kappa shape index (κ1) is 9.10. The molecule has 0 fully saturated rings. The van der Waals surface area contributed by atoms with Gasteiger partial charge in [0.2, 0.25) is 0 Å². The summed E-state index contributed by atoms with van der Waals surface area (Å²) in [5.74, 6) is 0. The summed E-state index contributed by atoms with van der Waals surface area (Å²) in [6.45, 7) is 2.06. The van der Waals surface area contributed by atoms with Crippen LogP contribution in [-0.2, 0) is 17.2 Å². The fourth-order valence-electron chi connectivity index (χ4n) is 2.27. The van der Waals surface area contributed by atoms with Gasteiger partial charge in [0.25, 0.3) is 0 Å². The van der Waals surface area contributed by atoms with E-state index in [9.17, 15) is 4.21 Å². The van der Waals surface area contributed by atoms with E-state index in [0.29, 0.717) is 0 Å². The van der Waals surface area contributed by atoms with Crippen molar-refractivity contribution >= 4 is 21.6 Å². The Bertz CT molecular complexity index is 559. The third kappa shape index (κ3) is 1.25. The average molecular weight is 216 g/mol. The third-order valence-corrected chi connectivity index (χ3v) is 4.82. The van der Waals surface area contributed by atoms with Crippen molar-refractivity contribution in [3.63, 3.8) is 0 Å². The lowest BCUT2D eigenvalue weighted by molar-refractivity contribution is 0.679. The summed E-state index contributed by atoms with van der Waals surface area (Å²) in [4.78, 5) is 1.07. The summed E-state index contributed by atoms with van der Waals surface area (Å²) >= 11 is 0. The quantitative estimate of drug-likeness (QED) is 0.661. The topological polar surface area (TPSA) is 17.1 Å². The molecule has 1 heterocycles. The van der Waals surface area contributed by atoms with Crippen LogP contribution in [0.4, 0.5) is 0 Å². The largest absolute Gasteiger partial charge is 0.254 e. The Kier molecular flexibility index (Phi) is 1.93. The summed E-state index contributed by atoms with van der Waals surface area (Å²) in [5.41, 5.74) is 1.26. The Morgan fingerprint density at radius 2 is 2.00 bits per heavy atom. The molecule has 0 radical (unpaired) electrons. The maximum atomic E-state index is 12.1. The van der Waals surface area contributed by atoms with Crippen molar-refractivity contribution in [3.05, 3.63) is 42.0 Å². The molecule has 0 bridgehead atoms. The van der Waals surface area contributed by atoms with Gasteiger partial charge < -0.3 is 0 Å². The zero-order chi connectivity index (χ0) is 10.4. The zero-order valence-corrected chi connectivity index (χ0v) is 9.38. The first-order valence-corrected chi connectivity index (χ1v) is 6.40. The van der Waals surface area contributed by atoms with E-state index in [1.54, 1.807) is 0 Å². The lowest BCUT2D eigenvalue weighted by Gasteiger charge is -2.03. The first-order chi connectivity index (χ1) is 7.27. The highest BCUT2D eigenvalue weighted by atomic mass is 32.2. The molecule has 1 aliphatic heterocycles. The fraction of sp³-hybridized carbons (Fsp3) is 0.231. The molecule has 2 atom stereocenters. The van der Waals surface area contributed by atoms with Crippen LogP contribution in [0.25, 0.3) is 10.8 Å². The van der Waals surface area contributed by atoms with E-state index in [0.717, 1.165) is 16.7 Å². The molecular weight excluding hydrogens is 204 g/mol. The summed E-state index contributed by atoms with van der Waals surface area (Å²) in [6, 6.07) is 12.4. The highest BCUT2D eigenvalue weighted by Gasteiger charge is 2.27. The maximum absolute atomic E-state index is 12.1. The van der Waals surface area contributed by atoms with Gasteiger partial charge in [-0.3, -0.25) is 4.21 Å². The monoisotopic (exact) mass is 216 g/mol. The Hall–Kier alpha value is -1.15. The molecule has 1 aliphatic rings. The van der Waals surface area contributed by atoms with Crippen LogP contribution >= 0.6 is 0 Å². The van der Waals surface area contributed by atoms with Crippen LogP contribution < -0.4 is 0 Å². The van der Waals surface area contributed by atoms with Crippen LogP contribution in [0.1, 0.15) is 12.5 Å². The van der Waals surface area contributed by atoms with Gasteiger partial charge in [0.05, 0.1) is 15.7 Å². The first-order valence-electron chi connectivity index (χ1n) is 5.18. The smallest absolute Gasteiger partial charge is 0.0570 e. The minimum absolute atomic E-state index is 0.269. The maximum Gasteiger partial charge on any atom is 0.0570 e. The second-order valence-corrected chi connectivity index (χ2v) is 5.89. The lowest BCUT2D eigenvalue weighted by Crippen LogP contribution is -2.03. The summed E-state index contributed by atoms with van der Waals surface area (Å²) < 4.78 is 12.1. The SMILES string of the molecule is CC1Cc2ccc3ccccc3c2S1=O. The average Bonchev–Trinajstić information content (AvgIpc) is 2.55. The predicted molar refractivity (Wildman–Crippen MR) is 63.5 cm³/mol. The lowest BCUT2D eigenvalue weighted by atomic mass is 10.0. The molecule has 0 aromatic heterocycles. The molecule has 76 valence electrons. The van der Waals surface area contributed by atoms with Crippen LogP contribution in [0.15, 0.2) is 41.3 Å². The molecule has 2 unspecified atom stereocenters. The molecule has 15 heavy (non-hydrogen) atoms. The van der Waals surface area contributed by atoms with Crippen molar-refractivity contribution in [1.29, 1.82) is 0 Å². The molecule has 2 heteroatoms. The number of hydrogen-bond donors (Lipinski definition) is 0. The second kappa shape index (κ2) is 3.17. The molecule has 0 saturated carbocycles. The molecule has 3 rings (SSSR count). The molecule has 0 N–H and O–H groups in total. The third-order valence-electron chi connectivity index (χ3n) is 3.04. The highest BCUT2D eigenvalue weighted by Crippen LogP contribution is 2.33. The number of fused-ring (bicyclic) bond motifs is 3. The van der Waals surface area contributed by atoms with Gasteiger partial charge in [-0.2, -0.15) is 0 Å². The van der Waals surface area contributed by atoms with Crippen LogP contribution in [0.5, 0.6) is 0 Å². The fourth-order valence-corrected chi connectivity index (χ4v) is 3.82. The van der Waals surface area contributed by atoms with Crippen molar-refractivity contribution in [2.45, 2.75) is 23.5 Å². The normalized spacial score (nSPS) is 24.3. The van der Waals surface area contributed by atoms with Crippen LogP contribution in [0.3, 0.4) is 0 Å². The van der Waals surface area contributed by atoms with Crippen molar-refractivity contribution in [1.82, 2.24) is 0 Å². The van der Waals surface area contributed by atoms with E-state index in [1.165, 1.54) is 10.9 Å². The van der Waals surface area contributed by atoms with E-state index >= 15 is 0 Å². The van der Waals surface area contributed by atoms with Crippen molar-refractivity contribution < 1.29 is 4.21 Å². The second-order valence-electron chi connectivity index (χ2n) is 4.09. The number of hydrogen-bond acceptors (Lipinski definition) is 1. The van der Waals surface area contributed by atoms with Crippen molar-refractivity contribution in [2.24, 2.45) is 0 Å². The van der Waals surface area contributed by atoms with Gasteiger partial charge in [-0.25, -0.2) is 0 Å². The minimum atomic E-state index is -0.817. The Morgan fingerprint density at radius 1 is 1.20 bits per heavy atom. The molecule has 2 aromatic rings. The van der Waals surface area contributed by atoms with E-state index in [2.05, 4.69) is 31.2 Å². The van der Waals surface area contributed by atoms with Gasteiger partial charge >= 0.3 is 0 Å². The van der Waals surface area contributed by atoms with E-state index in [1.807, 2.05) is 12.1 Å². The minimum Gasteiger partial charge on any atom is -0.254 e. The molecule has 0 aliphatic carbocycles. The number of benzene rings is 2. The van der Waals surface area contributed by atoms with Gasteiger partial charge in [0.1, 0.15) is 0 Å². The predicted octanol–water partition coefficient (Wildman–Crippen LogP) is 2.89. The summed E-state index contributed by atoms with van der Waals surface area (Å²) in [7, 11) is -0.817. The van der Waals surface area contributed by atoms with Gasteiger partial charge in [-0.05, 0) is 22.8 Å². The summed E-state index contributed by atoms with van der Waals surface area (Å²) in [6.07, 6.45) is 0.951. The number of rotatable bonds is 0. The molecule has 2 aromatic carbocycles. The van der Waals surface area contributed by atoms with Gasteiger partial charge in [-0.15, -0.1) is 0 Å². The Balaban J connectivity index is 2.41. The van der Waals surface area contributed by atoms with Gasteiger partial charge in [0.15, 0.2) is 0 Å². The molecule has 0 amide bonds. The van der Waals surface area contributed by atoms with Crippen LogP contribution in [-0.4, -0.2) is 9.46 Å². The molecule has 1 nitrogen and oxygen atoms in total. The standard InChI is InChI=1S/C13H12OS/c1-9-8-11-7-6-10-4-2-3-5-12(10)13(11)15(9)14/h2-7,9H,8H2,1H3. The summed E-state index contributed by atoms with van der Waals surface area (Å²) in [5, 5.41) is 2.63. The van der Waals surface area contributed by atoms with Gasteiger partial charge in [-0.1, -0.05) is 43.3 Å². The van der Waals surface area contributed by atoms with E-state index in [4.69, 9.17) is 0 Å². The van der Waals surface area contributed by atoms with Crippen molar-refractivity contribution in [2.75, 3.05) is 0 Å². The van der Waals surface area contributed by atoms with Gasteiger partial charge in [0, 0.05) is 5.25 Å². The van der Waals surface area contributed by atoms with Crippen molar-refractivity contribution in [3.8, 4) is 0 Å². The van der Waals surface area contributed by atoms with Crippen LogP contribution in [0, 0.1) is 0 Å². The van der Waals surface area contributed by atoms with E-state index in [-0.39, 0.29) is 5.25 Å². The Morgan fingerprint density at radius 3 is 2.87 bits per heavy atom. The molecule has 0 saturated heterocycles. The highest BCUT2D eigenvalue weighted by molar-refractivity contribution is 7.86. The molecule has 0 spiro atoms. The van der Waals surface area contributed by atoms with Crippen LogP contribution in [0.2, 0.25) is 0 Å². The Labute approximate surface area is 91.6 Å². The van der Waals surface area contributed by atoms with E-state index < -0.39 is 10.8 Å².